The van der Waals surface area contributed by atoms with Gasteiger partial charge in [0.2, 0.25) is 5.91 Å². The third kappa shape index (κ3) is 2.77. The maximum absolute atomic E-state index is 13.1. The van der Waals surface area contributed by atoms with Crippen LogP contribution in [0.25, 0.3) is 0 Å². The van der Waals surface area contributed by atoms with Gasteiger partial charge in [0, 0.05) is 12.6 Å². The first-order valence-electron chi connectivity index (χ1n) is 8.74. The minimum atomic E-state index is -0.785. The van der Waals surface area contributed by atoms with E-state index in [2.05, 4.69) is 25.7 Å². The second-order valence-electron chi connectivity index (χ2n) is 9.02. The van der Waals surface area contributed by atoms with Crippen molar-refractivity contribution in [3.05, 3.63) is 0 Å². The van der Waals surface area contributed by atoms with Gasteiger partial charge in [0.15, 0.2) is 0 Å². The zero-order chi connectivity index (χ0) is 16.1. The molecule has 1 amide bonds. The molecule has 4 heteroatoms. The second kappa shape index (κ2) is 5.24. The van der Waals surface area contributed by atoms with Crippen LogP contribution in [0.3, 0.4) is 0 Å². The number of fused-ring (bicyclic) bond motifs is 2. The molecule has 3 fully saturated rings. The summed E-state index contributed by atoms with van der Waals surface area (Å²) in [4.78, 5) is 26.6. The van der Waals surface area contributed by atoms with Gasteiger partial charge in [-0.3, -0.25) is 9.59 Å². The Labute approximate surface area is 133 Å². The first-order valence-corrected chi connectivity index (χ1v) is 8.74. The number of carbonyl (C=O) groups is 2. The molecule has 0 aromatic carbocycles. The molecule has 4 atom stereocenters. The molecule has 1 aliphatic heterocycles. The summed E-state index contributed by atoms with van der Waals surface area (Å²) in [5, 5.41) is 9.45. The number of carboxylic acid groups (broad SMARTS) is 1. The Kier molecular flexibility index (Phi) is 3.77. The molecule has 0 aromatic heterocycles. The van der Waals surface area contributed by atoms with E-state index < -0.39 is 11.9 Å². The number of rotatable bonds is 2. The van der Waals surface area contributed by atoms with E-state index >= 15 is 0 Å². The van der Waals surface area contributed by atoms with Gasteiger partial charge in [0.25, 0.3) is 0 Å². The lowest BCUT2D eigenvalue weighted by Gasteiger charge is -2.40. The van der Waals surface area contributed by atoms with E-state index in [-0.39, 0.29) is 22.7 Å². The van der Waals surface area contributed by atoms with Crippen LogP contribution in [-0.2, 0) is 9.59 Å². The largest absolute Gasteiger partial charge is 0.481 e. The van der Waals surface area contributed by atoms with Crippen LogP contribution in [0.2, 0.25) is 0 Å². The van der Waals surface area contributed by atoms with E-state index in [1.54, 1.807) is 0 Å². The third-order valence-electron chi connectivity index (χ3n) is 6.10. The summed E-state index contributed by atoms with van der Waals surface area (Å²) in [6.07, 6.45) is 6.64. The third-order valence-corrected chi connectivity index (χ3v) is 6.10. The molecular weight excluding hydrogens is 278 g/mol. The van der Waals surface area contributed by atoms with Gasteiger partial charge in [0.1, 0.15) is 0 Å². The SMILES string of the molecule is CC1(C)CC2CC(C)(CN2C(=O)C2CCCCC2C(=O)O)C1. The first-order chi connectivity index (χ1) is 10.2. The highest BCUT2D eigenvalue weighted by Gasteiger charge is 2.52. The lowest BCUT2D eigenvalue weighted by Crippen LogP contribution is -2.45. The van der Waals surface area contributed by atoms with Crippen LogP contribution in [0, 0.1) is 22.7 Å². The van der Waals surface area contributed by atoms with Crippen molar-refractivity contribution in [3.63, 3.8) is 0 Å². The molecule has 0 spiro atoms. The predicted molar refractivity (Wildman–Crippen MR) is 84.3 cm³/mol. The Bertz CT molecular complexity index is 487. The summed E-state index contributed by atoms with van der Waals surface area (Å²) in [7, 11) is 0. The van der Waals surface area contributed by atoms with Crippen LogP contribution in [0.5, 0.6) is 0 Å². The van der Waals surface area contributed by atoms with Crippen molar-refractivity contribution in [3.8, 4) is 0 Å². The number of likely N-dealkylation sites (tertiary alicyclic amines) is 1. The van der Waals surface area contributed by atoms with Gasteiger partial charge in [-0.2, -0.15) is 0 Å². The summed E-state index contributed by atoms with van der Waals surface area (Å²) in [6, 6.07) is 0.317. The minimum Gasteiger partial charge on any atom is -0.481 e. The van der Waals surface area contributed by atoms with Crippen LogP contribution >= 0.6 is 0 Å². The lowest BCUT2D eigenvalue weighted by molar-refractivity contribution is -0.152. The summed E-state index contributed by atoms with van der Waals surface area (Å²) in [6.45, 7) is 7.71. The fourth-order valence-electron chi connectivity index (χ4n) is 5.65. The number of carboxylic acids is 1. The van der Waals surface area contributed by atoms with Crippen molar-refractivity contribution in [2.45, 2.75) is 71.8 Å². The number of aliphatic carboxylic acids is 1. The molecule has 3 aliphatic rings. The summed E-state index contributed by atoms with van der Waals surface area (Å²) < 4.78 is 0. The van der Waals surface area contributed by atoms with E-state index in [4.69, 9.17) is 0 Å². The van der Waals surface area contributed by atoms with Gasteiger partial charge in [-0.05, 0) is 42.9 Å². The van der Waals surface area contributed by atoms with Crippen molar-refractivity contribution in [2.75, 3.05) is 6.54 Å². The molecule has 1 saturated heterocycles. The Morgan fingerprint density at radius 3 is 2.32 bits per heavy atom. The highest BCUT2D eigenvalue weighted by molar-refractivity contribution is 5.85. The van der Waals surface area contributed by atoms with E-state index in [0.29, 0.717) is 12.5 Å². The highest BCUT2D eigenvalue weighted by atomic mass is 16.4. The lowest BCUT2D eigenvalue weighted by atomic mass is 9.65. The molecule has 3 rings (SSSR count). The number of hydrogen-bond donors (Lipinski definition) is 1. The maximum atomic E-state index is 13.1. The van der Waals surface area contributed by atoms with Gasteiger partial charge < -0.3 is 10.0 Å². The van der Waals surface area contributed by atoms with Crippen LogP contribution in [-0.4, -0.2) is 34.5 Å². The van der Waals surface area contributed by atoms with Gasteiger partial charge in [-0.25, -0.2) is 0 Å². The van der Waals surface area contributed by atoms with E-state index in [0.717, 1.165) is 45.1 Å². The van der Waals surface area contributed by atoms with E-state index in [1.807, 2.05) is 0 Å². The molecule has 2 bridgehead atoms. The number of amides is 1. The molecule has 22 heavy (non-hydrogen) atoms. The molecule has 0 radical (unpaired) electrons. The standard InChI is InChI=1S/C18H29NO3/c1-17(2)8-12-9-18(3,10-17)11-19(12)15(20)13-6-4-5-7-14(13)16(21)22/h12-14H,4-11H2,1-3H3,(H,21,22). The Morgan fingerprint density at radius 1 is 1.05 bits per heavy atom. The monoisotopic (exact) mass is 307 g/mol. The predicted octanol–water partition coefficient (Wildman–Crippen LogP) is 3.30. The number of hydrogen-bond acceptors (Lipinski definition) is 2. The van der Waals surface area contributed by atoms with Gasteiger partial charge in [-0.1, -0.05) is 33.6 Å². The fraction of sp³-hybridized carbons (Fsp3) is 0.889. The van der Waals surface area contributed by atoms with Crippen molar-refractivity contribution in [2.24, 2.45) is 22.7 Å². The van der Waals surface area contributed by atoms with Gasteiger partial charge in [0.05, 0.1) is 11.8 Å². The Balaban J connectivity index is 1.79. The summed E-state index contributed by atoms with van der Waals surface area (Å²) >= 11 is 0. The van der Waals surface area contributed by atoms with Gasteiger partial charge in [-0.15, -0.1) is 0 Å². The average molecular weight is 307 g/mol. The van der Waals surface area contributed by atoms with Crippen molar-refractivity contribution >= 4 is 11.9 Å². The minimum absolute atomic E-state index is 0.124. The molecular formula is C18H29NO3. The van der Waals surface area contributed by atoms with Crippen LogP contribution in [0.1, 0.15) is 65.7 Å². The Morgan fingerprint density at radius 2 is 1.68 bits per heavy atom. The second-order valence-corrected chi connectivity index (χ2v) is 9.02. The zero-order valence-corrected chi connectivity index (χ0v) is 14.1. The number of nitrogens with zero attached hydrogens (tertiary/aromatic N) is 1. The molecule has 1 heterocycles. The first kappa shape index (κ1) is 15.8. The molecule has 1 N–H and O–H groups in total. The van der Waals surface area contributed by atoms with Crippen molar-refractivity contribution in [1.29, 1.82) is 0 Å². The quantitative estimate of drug-likeness (QED) is 0.851. The van der Waals surface area contributed by atoms with E-state index in [1.165, 1.54) is 0 Å². The fourth-order valence-corrected chi connectivity index (χ4v) is 5.65. The van der Waals surface area contributed by atoms with Crippen molar-refractivity contribution < 1.29 is 14.7 Å². The topological polar surface area (TPSA) is 57.6 Å². The smallest absolute Gasteiger partial charge is 0.307 e. The molecule has 0 aromatic rings. The van der Waals surface area contributed by atoms with Crippen molar-refractivity contribution in [1.82, 2.24) is 4.90 Å². The van der Waals surface area contributed by atoms with Crippen LogP contribution in [0.15, 0.2) is 0 Å². The highest BCUT2D eigenvalue weighted by Crippen LogP contribution is 2.53. The normalized spacial score (nSPS) is 40.5. The molecule has 4 nitrogen and oxygen atoms in total. The van der Waals surface area contributed by atoms with Crippen LogP contribution in [0.4, 0.5) is 0 Å². The average Bonchev–Trinajstić information content (AvgIpc) is 2.67. The van der Waals surface area contributed by atoms with E-state index in [9.17, 15) is 14.7 Å². The van der Waals surface area contributed by atoms with Crippen LogP contribution < -0.4 is 0 Å². The molecule has 4 unspecified atom stereocenters. The molecule has 2 saturated carbocycles. The van der Waals surface area contributed by atoms with Gasteiger partial charge >= 0.3 is 5.97 Å². The summed E-state index contributed by atoms with van der Waals surface area (Å²) in [5.74, 6) is -1.43. The Hall–Kier alpha value is -1.06. The number of carbonyl (C=O) groups excluding carboxylic acids is 1. The molecule has 124 valence electrons. The zero-order valence-electron chi connectivity index (χ0n) is 14.1. The molecule has 2 aliphatic carbocycles. The summed E-state index contributed by atoms with van der Waals surface area (Å²) in [5.41, 5.74) is 0.501. The maximum Gasteiger partial charge on any atom is 0.307 e.